The Morgan fingerprint density at radius 1 is 0.963 bits per heavy atom. The van der Waals surface area contributed by atoms with Gasteiger partial charge in [0.15, 0.2) is 0 Å². The normalized spacial score (nSPS) is 14.3. The second-order valence-electron chi connectivity index (χ2n) is 8.98. The smallest absolute Gasteiger partial charge is 0.311 e. The van der Waals surface area contributed by atoms with Gasteiger partial charge in [-0.2, -0.15) is 0 Å². The molecule has 0 aliphatic carbocycles. The fraction of sp³-hybridized carbons (Fsp3) is 0.857. The molecule has 2 amide bonds. The third-order valence-corrected chi connectivity index (χ3v) is 5.79. The zero-order valence-electron chi connectivity index (χ0n) is 18.4. The molecule has 0 saturated carbocycles. The van der Waals surface area contributed by atoms with E-state index in [1.807, 2.05) is 41.5 Å². The van der Waals surface area contributed by atoms with E-state index in [1.165, 1.54) is 0 Å². The van der Waals surface area contributed by atoms with Gasteiger partial charge >= 0.3 is 5.97 Å². The SMILES string of the molecule is CCCCCCOC(=O)C(C)(C)CC(C)(C)C(C)(CC)C(=O)NCC(N)=O. The van der Waals surface area contributed by atoms with Crippen molar-refractivity contribution in [3.05, 3.63) is 0 Å². The zero-order chi connectivity index (χ0) is 21.3. The summed E-state index contributed by atoms with van der Waals surface area (Å²) in [5, 5.41) is 2.62. The number of rotatable bonds is 13. The van der Waals surface area contributed by atoms with Gasteiger partial charge in [0.05, 0.1) is 24.0 Å². The van der Waals surface area contributed by atoms with Crippen LogP contribution >= 0.6 is 0 Å². The van der Waals surface area contributed by atoms with Crippen LogP contribution < -0.4 is 11.1 Å². The van der Waals surface area contributed by atoms with E-state index in [1.54, 1.807) is 0 Å². The number of hydrogen-bond acceptors (Lipinski definition) is 4. The molecule has 3 N–H and O–H groups in total. The highest BCUT2D eigenvalue weighted by molar-refractivity contribution is 5.87. The number of unbranched alkanes of at least 4 members (excludes halogenated alkanes) is 3. The van der Waals surface area contributed by atoms with E-state index in [9.17, 15) is 14.4 Å². The summed E-state index contributed by atoms with van der Waals surface area (Å²) in [6.45, 7) is 13.9. The van der Waals surface area contributed by atoms with Crippen molar-refractivity contribution in [1.82, 2.24) is 5.32 Å². The van der Waals surface area contributed by atoms with Crippen LogP contribution in [0, 0.1) is 16.2 Å². The van der Waals surface area contributed by atoms with Gasteiger partial charge in [-0.1, -0.05) is 53.9 Å². The van der Waals surface area contributed by atoms with Gasteiger partial charge in [0, 0.05) is 0 Å². The zero-order valence-corrected chi connectivity index (χ0v) is 18.4. The Bertz CT molecular complexity index is 514. The predicted octanol–water partition coefficient (Wildman–Crippen LogP) is 3.57. The number of amides is 2. The summed E-state index contributed by atoms with van der Waals surface area (Å²) in [7, 11) is 0. The van der Waals surface area contributed by atoms with Crippen molar-refractivity contribution in [3.8, 4) is 0 Å². The van der Waals surface area contributed by atoms with Gasteiger partial charge in [0.25, 0.3) is 0 Å². The molecule has 0 rings (SSSR count). The first-order valence-electron chi connectivity index (χ1n) is 10.1. The monoisotopic (exact) mass is 384 g/mol. The van der Waals surface area contributed by atoms with Crippen LogP contribution in [0.4, 0.5) is 0 Å². The van der Waals surface area contributed by atoms with Crippen molar-refractivity contribution in [2.75, 3.05) is 13.2 Å². The van der Waals surface area contributed by atoms with Crippen molar-refractivity contribution >= 4 is 17.8 Å². The minimum Gasteiger partial charge on any atom is -0.465 e. The van der Waals surface area contributed by atoms with E-state index in [4.69, 9.17) is 10.5 Å². The van der Waals surface area contributed by atoms with Crippen LogP contribution in [0.1, 0.15) is 87.0 Å². The van der Waals surface area contributed by atoms with E-state index >= 15 is 0 Å². The molecule has 6 heteroatoms. The summed E-state index contributed by atoms with van der Waals surface area (Å²) in [6.07, 6.45) is 5.28. The first-order chi connectivity index (χ1) is 12.3. The van der Waals surface area contributed by atoms with Crippen molar-refractivity contribution in [1.29, 1.82) is 0 Å². The van der Waals surface area contributed by atoms with Gasteiger partial charge in [-0.25, -0.2) is 0 Å². The first-order valence-corrected chi connectivity index (χ1v) is 10.1. The summed E-state index contributed by atoms with van der Waals surface area (Å²) < 4.78 is 5.48. The minimum atomic E-state index is -0.749. The number of carbonyl (C=O) groups excluding carboxylic acids is 3. The number of hydrogen-bond donors (Lipinski definition) is 2. The van der Waals surface area contributed by atoms with E-state index < -0.39 is 22.2 Å². The van der Waals surface area contributed by atoms with Crippen LogP contribution in [0.3, 0.4) is 0 Å². The number of nitrogens with one attached hydrogen (secondary N) is 1. The Kier molecular flexibility index (Phi) is 10.0. The molecule has 0 fully saturated rings. The molecule has 0 aliphatic rings. The lowest BCUT2D eigenvalue weighted by atomic mass is 9.59. The molecular weight excluding hydrogens is 344 g/mol. The van der Waals surface area contributed by atoms with Gasteiger partial charge in [-0.05, 0) is 38.5 Å². The third kappa shape index (κ3) is 7.51. The lowest BCUT2D eigenvalue weighted by Crippen LogP contribution is -2.51. The molecule has 0 aromatic carbocycles. The van der Waals surface area contributed by atoms with Crippen LogP contribution in [0.25, 0.3) is 0 Å². The number of carbonyl (C=O) groups is 3. The van der Waals surface area contributed by atoms with E-state index in [0.29, 0.717) is 19.4 Å². The molecule has 27 heavy (non-hydrogen) atoms. The Morgan fingerprint density at radius 2 is 1.56 bits per heavy atom. The van der Waals surface area contributed by atoms with Crippen LogP contribution in [-0.4, -0.2) is 30.9 Å². The maximum absolute atomic E-state index is 12.7. The lowest BCUT2D eigenvalue weighted by molar-refractivity contribution is -0.159. The maximum atomic E-state index is 12.7. The van der Waals surface area contributed by atoms with Gasteiger partial charge in [-0.15, -0.1) is 0 Å². The van der Waals surface area contributed by atoms with E-state index in [-0.39, 0.29) is 18.4 Å². The largest absolute Gasteiger partial charge is 0.465 e. The quantitative estimate of drug-likeness (QED) is 0.374. The second-order valence-corrected chi connectivity index (χ2v) is 8.98. The van der Waals surface area contributed by atoms with Crippen molar-refractivity contribution in [3.63, 3.8) is 0 Å². The number of primary amides is 1. The molecule has 0 aromatic rings. The lowest BCUT2D eigenvalue weighted by Gasteiger charge is -2.45. The molecule has 0 spiro atoms. The van der Waals surface area contributed by atoms with Crippen LogP contribution in [0.5, 0.6) is 0 Å². The third-order valence-electron chi connectivity index (χ3n) is 5.79. The molecule has 6 nitrogen and oxygen atoms in total. The highest BCUT2D eigenvalue weighted by Gasteiger charge is 2.49. The molecule has 1 atom stereocenters. The van der Waals surface area contributed by atoms with Crippen LogP contribution in [-0.2, 0) is 19.1 Å². The van der Waals surface area contributed by atoms with Gasteiger partial charge < -0.3 is 15.8 Å². The maximum Gasteiger partial charge on any atom is 0.311 e. The molecule has 158 valence electrons. The van der Waals surface area contributed by atoms with Crippen molar-refractivity contribution in [2.45, 2.75) is 87.0 Å². The summed E-state index contributed by atoms with van der Waals surface area (Å²) in [5.41, 5.74) is 3.18. The Hall–Kier alpha value is -1.59. The van der Waals surface area contributed by atoms with Gasteiger partial charge in [0.2, 0.25) is 11.8 Å². The number of nitrogens with two attached hydrogens (primary N) is 1. The van der Waals surface area contributed by atoms with E-state index in [2.05, 4.69) is 12.2 Å². The van der Waals surface area contributed by atoms with E-state index in [0.717, 1.165) is 25.7 Å². The van der Waals surface area contributed by atoms with Crippen molar-refractivity contribution < 1.29 is 19.1 Å². The molecule has 0 radical (unpaired) electrons. The Labute approximate surface area is 165 Å². The molecule has 0 aliphatic heterocycles. The first kappa shape index (κ1) is 25.4. The molecular formula is C21H40N2O4. The van der Waals surface area contributed by atoms with Crippen LogP contribution in [0.15, 0.2) is 0 Å². The van der Waals surface area contributed by atoms with Gasteiger partial charge in [-0.3, -0.25) is 14.4 Å². The summed E-state index contributed by atoms with van der Waals surface area (Å²) >= 11 is 0. The molecule has 0 saturated heterocycles. The second kappa shape index (κ2) is 10.7. The van der Waals surface area contributed by atoms with Crippen LogP contribution in [0.2, 0.25) is 0 Å². The highest BCUT2D eigenvalue weighted by Crippen LogP contribution is 2.49. The van der Waals surface area contributed by atoms with Crippen molar-refractivity contribution in [2.24, 2.45) is 22.0 Å². The Balaban J connectivity index is 5.06. The minimum absolute atomic E-state index is 0.187. The highest BCUT2D eigenvalue weighted by atomic mass is 16.5. The molecule has 0 heterocycles. The topological polar surface area (TPSA) is 98.5 Å². The fourth-order valence-electron chi connectivity index (χ4n) is 3.57. The standard InChI is InChI=1S/C21H40N2O4/c1-8-10-11-12-13-27-18(26)19(3,4)15-20(5,6)21(7,9-2)17(25)23-14-16(22)24/h8-15H2,1-7H3,(H2,22,24)(H,23,25). The predicted molar refractivity (Wildman–Crippen MR) is 108 cm³/mol. The van der Waals surface area contributed by atoms with Gasteiger partial charge in [0.1, 0.15) is 0 Å². The molecule has 0 bridgehead atoms. The number of esters is 1. The molecule has 1 unspecified atom stereocenters. The summed E-state index contributed by atoms with van der Waals surface area (Å²) in [5.74, 6) is -1.04. The summed E-state index contributed by atoms with van der Waals surface area (Å²) in [4.78, 5) is 36.3. The average molecular weight is 385 g/mol. The fourth-order valence-corrected chi connectivity index (χ4v) is 3.57. The number of ether oxygens (including phenoxy) is 1. The average Bonchev–Trinajstić information content (AvgIpc) is 2.57. The molecule has 0 aromatic heterocycles. The Morgan fingerprint density at radius 3 is 2.04 bits per heavy atom. The summed E-state index contributed by atoms with van der Waals surface area (Å²) in [6, 6.07) is 0.